The Bertz CT molecular complexity index is 578. The Morgan fingerprint density at radius 2 is 2.18 bits per heavy atom. The number of aromatic nitrogens is 2. The maximum absolute atomic E-state index is 11.8. The van der Waals surface area contributed by atoms with Gasteiger partial charge in [-0.3, -0.25) is 4.79 Å². The molecule has 5 heteroatoms. The molecule has 1 aromatic heterocycles. The molecule has 0 bridgehead atoms. The summed E-state index contributed by atoms with van der Waals surface area (Å²) in [4.78, 5) is 11.8. The summed E-state index contributed by atoms with van der Waals surface area (Å²) >= 11 is 0. The summed E-state index contributed by atoms with van der Waals surface area (Å²) in [6, 6.07) is 8.68. The minimum Gasteiger partial charge on any atom is -0.497 e. The fraction of sp³-hybridized carbons (Fsp3) is 0.167. The lowest BCUT2D eigenvalue weighted by atomic mass is 10.3. The van der Waals surface area contributed by atoms with Gasteiger partial charge in [0.15, 0.2) is 0 Å². The van der Waals surface area contributed by atoms with Gasteiger partial charge in [-0.05, 0) is 12.1 Å². The van der Waals surface area contributed by atoms with Crippen molar-refractivity contribution in [2.45, 2.75) is 0 Å². The van der Waals surface area contributed by atoms with E-state index >= 15 is 0 Å². The van der Waals surface area contributed by atoms with Crippen LogP contribution in [0.2, 0.25) is 0 Å². The standard InChI is InChI=1S/C12H13N3O2/c1-13-9-6-12(16)15(14-8-9)10-4-3-5-11(7-10)17-2/h3-8,13H,1-2H3. The SMILES string of the molecule is CNc1cnn(-c2cccc(OC)c2)c(=O)c1. The third-order valence-electron chi connectivity index (χ3n) is 2.39. The number of methoxy groups -OCH3 is 1. The molecule has 1 aromatic carbocycles. The van der Waals surface area contributed by atoms with Crippen LogP contribution in [0.5, 0.6) is 5.75 Å². The average molecular weight is 231 g/mol. The average Bonchev–Trinajstić information content (AvgIpc) is 2.38. The van der Waals surface area contributed by atoms with Crippen molar-refractivity contribution in [3.05, 3.63) is 46.9 Å². The number of nitrogens with zero attached hydrogens (tertiary/aromatic N) is 2. The Morgan fingerprint density at radius 3 is 2.82 bits per heavy atom. The van der Waals surface area contributed by atoms with Crippen LogP contribution in [-0.2, 0) is 0 Å². The summed E-state index contributed by atoms with van der Waals surface area (Å²) in [5.74, 6) is 0.689. The van der Waals surface area contributed by atoms with Crippen molar-refractivity contribution < 1.29 is 4.74 Å². The van der Waals surface area contributed by atoms with Gasteiger partial charge in [0.25, 0.3) is 5.56 Å². The molecular formula is C12H13N3O2. The Labute approximate surface area is 98.7 Å². The lowest BCUT2D eigenvalue weighted by Gasteiger charge is -2.07. The number of rotatable bonds is 3. The third kappa shape index (κ3) is 2.28. The summed E-state index contributed by atoms with van der Waals surface area (Å²) in [6.45, 7) is 0. The van der Waals surface area contributed by atoms with Gasteiger partial charge in [-0.1, -0.05) is 6.07 Å². The van der Waals surface area contributed by atoms with Crippen LogP contribution in [-0.4, -0.2) is 23.9 Å². The van der Waals surface area contributed by atoms with E-state index in [4.69, 9.17) is 4.74 Å². The zero-order valence-corrected chi connectivity index (χ0v) is 9.68. The first kappa shape index (κ1) is 11.2. The molecule has 0 atom stereocenters. The van der Waals surface area contributed by atoms with Crippen LogP contribution < -0.4 is 15.6 Å². The molecule has 1 heterocycles. The monoisotopic (exact) mass is 231 g/mol. The fourth-order valence-corrected chi connectivity index (χ4v) is 1.48. The van der Waals surface area contributed by atoms with Gasteiger partial charge in [-0.2, -0.15) is 9.78 Å². The number of hydrogen-bond donors (Lipinski definition) is 1. The van der Waals surface area contributed by atoms with Crippen LogP contribution in [0.4, 0.5) is 5.69 Å². The minimum absolute atomic E-state index is 0.190. The maximum atomic E-state index is 11.8. The highest BCUT2D eigenvalue weighted by Crippen LogP contribution is 2.14. The molecular weight excluding hydrogens is 218 g/mol. The van der Waals surface area contributed by atoms with Gasteiger partial charge in [0.05, 0.1) is 24.7 Å². The predicted molar refractivity (Wildman–Crippen MR) is 65.9 cm³/mol. The molecule has 17 heavy (non-hydrogen) atoms. The van der Waals surface area contributed by atoms with E-state index in [1.54, 1.807) is 32.5 Å². The second-order valence-corrected chi connectivity index (χ2v) is 3.45. The molecule has 0 saturated carbocycles. The topological polar surface area (TPSA) is 56.1 Å². The van der Waals surface area contributed by atoms with Gasteiger partial charge < -0.3 is 10.1 Å². The Balaban J connectivity index is 2.49. The van der Waals surface area contributed by atoms with Crippen molar-refractivity contribution in [3.63, 3.8) is 0 Å². The smallest absolute Gasteiger partial charge is 0.273 e. The molecule has 2 aromatic rings. The molecule has 0 aliphatic heterocycles. The zero-order valence-electron chi connectivity index (χ0n) is 9.68. The maximum Gasteiger partial charge on any atom is 0.273 e. The van der Waals surface area contributed by atoms with E-state index in [-0.39, 0.29) is 5.56 Å². The van der Waals surface area contributed by atoms with Crippen molar-refractivity contribution in [3.8, 4) is 11.4 Å². The van der Waals surface area contributed by atoms with E-state index in [9.17, 15) is 4.79 Å². The molecule has 0 aliphatic carbocycles. The van der Waals surface area contributed by atoms with Crippen molar-refractivity contribution in [1.29, 1.82) is 0 Å². The van der Waals surface area contributed by atoms with Crippen molar-refractivity contribution >= 4 is 5.69 Å². The molecule has 5 nitrogen and oxygen atoms in total. The summed E-state index contributed by atoms with van der Waals surface area (Å²) < 4.78 is 6.43. The van der Waals surface area contributed by atoms with Gasteiger partial charge in [-0.15, -0.1) is 0 Å². The van der Waals surface area contributed by atoms with Gasteiger partial charge in [0, 0.05) is 19.2 Å². The zero-order chi connectivity index (χ0) is 12.3. The summed E-state index contributed by atoms with van der Waals surface area (Å²) in [7, 11) is 3.33. The van der Waals surface area contributed by atoms with Crippen molar-refractivity contribution in [2.24, 2.45) is 0 Å². The lowest BCUT2D eigenvalue weighted by molar-refractivity contribution is 0.414. The van der Waals surface area contributed by atoms with E-state index in [1.165, 1.54) is 10.7 Å². The van der Waals surface area contributed by atoms with Crippen molar-refractivity contribution in [1.82, 2.24) is 9.78 Å². The Hall–Kier alpha value is -2.30. The molecule has 0 fully saturated rings. The Morgan fingerprint density at radius 1 is 1.35 bits per heavy atom. The molecule has 88 valence electrons. The second kappa shape index (κ2) is 4.69. The van der Waals surface area contributed by atoms with E-state index in [0.717, 1.165) is 0 Å². The molecule has 0 spiro atoms. The van der Waals surface area contributed by atoms with Crippen molar-refractivity contribution in [2.75, 3.05) is 19.5 Å². The van der Waals surface area contributed by atoms with Gasteiger partial charge in [0.2, 0.25) is 0 Å². The number of anilines is 1. The third-order valence-corrected chi connectivity index (χ3v) is 2.39. The van der Waals surface area contributed by atoms with Crippen LogP contribution in [0.25, 0.3) is 5.69 Å². The van der Waals surface area contributed by atoms with Gasteiger partial charge in [-0.25, -0.2) is 0 Å². The van der Waals surface area contributed by atoms with E-state index < -0.39 is 0 Å². The number of benzene rings is 1. The lowest BCUT2D eigenvalue weighted by Crippen LogP contribution is -2.20. The summed E-state index contributed by atoms with van der Waals surface area (Å²) in [6.07, 6.45) is 1.60. The quantitative estimate of drug-likeness (QED) is 0.864. The first-order valence-corrected chi connectivity index (χ1v) is 5.16. The van der Waals surface area contributed by atoms with Gasteiger partial charge >= 0.3 is 0 Å². The number of hydrogen-bond acceptors (Lipinski definition) is 4. The predicted octanol–water partition coefficient (Wildman–Crippen LogP) is 1.28. The molecule has 0 radical (unpaired) electrons. The summed E-state index contributed by atoms with van der Waals surface area (Å²) in [5, 5.41) is 6.95. The van der Waals surface area contributed by atoms with Crippen LogP contribution in [0.3, 0.4) is 0 Å². The molecule has 1 N–H and O–H groups in total. The number of nitrogens with one attached hydrogen (secondary N) is 1. The van der Waals surface area contributed by atoms with E-state index in [1.807, 2.05) is 12.1 Å². The molecule has 0 unspecified atom stereocenters. The minimum atomic E-state index is -0.190. The Kier molecular flexibility index (Phi) is 3.09. The molecule has 0 aliphatic rings. The highest BCUT2D eigenvalue weighted by atomic mass is 16.5. The highest BCUT2D eigenvalue weighted by Gasteiger charge is 2.03. The fourth-order valence-electron chi connectivity index (χ4n) is 1.48. The first-order valence-electron chi connectivity index (χ1n) is 5.16. The van der Waals surface area contributed by atoms with Crippen LogP contribution in [0.15, 0.2) is 41.3 Å². The van der Waals surface area contributed by atoms with E-state index in [0.29, 0.717) is 17.1 Å². The van der Waals surface area contributed by atoms with Crippen LogP contribution >= 0.6 is 0 Å². The van der Waals surface area contributed by atoms with Crippen LogP contribution in [0, 0.1) is 0 Å². The normalized spacial score (nSPS) is 10.0. The highest BCUT2D eigenvalue weighted by molar-refractivity contribution is 5.42. The number of ether oxygens (including phenoxy) is 1. The van der Waals surface area contributed by atoms with E-state index in [2.05, 4.69) is 10.4 Å². The molecule has 0 saturated heterocycles. The second-order valence-electron chi connectivity index (χ2n) is 3.45. The van der Waals surface area contributed by atoms with Gasteiger partial charge in [0.1, 0.15) is 5.75 Å². The van der Waals surface area contributed by atoms with Crippen LogP contribution in [0.1, 0.15) is 0 Å². The largest absolute Gasteiger partial charge is 0.497 e. The summed E-state index contributed by atoms with van der Waals surface area (Å²) in [5.41, 5.74) is 1.18. The molecule has 2 rings (SSSR count). The first-order chi connectivity index (χ1) is 8.24. The molecule has 0 amide bonds.